The Bertz CT molecular complexity index is 554. The number of hydrogen-bond donors (Lipinski definition) is 1. The van der Waals surface area contributed by atoms with Crippen molar-refractivity contribution in [3.05, 3.63) is 59.7 Å². The summed E-state index contributed by atoms with van der Waals surface area (Å²) in [5.41, 5.74) is 8.38. The molecule has 0 aliphatic heterocycles. The maximum atomic E-state index is 6.38. The highest BCUT2D eigenvalue weighted by Crippen LogP contribution is 2.29. The number of nitrogens with two attached hydrogens (primary N) is 1. The standard InChI is InChI=1S/C17H21NO2/c1-3-19-14-9-7-8-13(12-14)17(18)15-10-5-6-11-16(15)20-4-2/h5-12,17H,3-4,18H2,1-2H3. The average molecular weight is 271 g/mol. The zero-order chi connectivity index (χ0) is 14.4. The Morgan fingerprint density at radius 2 is 1.70 bits per heavy atom. The summed E-state index contributed by atoms with van der Waals surface area (Å²) < 4.78 is 11.2. The fourth-order valence-corrected chi connectivity index (χ4v) is 2.17. The van der Waals surface area contributed by atoms with Crippen molar-refractivity contribution in [3.8, 4) is 11.5 Å². The van der Waals surface area contributed by atoms with Gasteiger partial charge in [0.15, 0.2) is 0 Å². The van der Waals surface area contributed by atoms with Crippen LogP contribution in [0.1, 0.15) is 31.0 Å². The first-order valence-electron chi connectivity index (χ1n) is 6.96. The summed E-state index contributed by atoms with van der Waals surface area (Å²) >= 11 is 0. The first kappa shape index (κ1) is 14.4. The van der Waals surface area contributed by atoms with E-state index in [0.717, 1.165) is 22.6 Å². The number of ether oxygens (including phenoxy) is 2. The zero-order valence-corrected chi connectivity index (χ0v) is 12.0. The Morgan fingerprint density at radius 3 is 2.45 bits per heavy atom. The van der Waals surface area contributed by atoms with Crippen LogP contribution in [-0.4, -0.2) is 13.2 Å². The molecular weight excluding hydrogens is 250 g/mol. The predicted molar refractivity (Wildman–Crippen MR) is 81.3 cm³/mol. The lowest BCUT2D eigenvalue weighted by Gasteiger charge is -2.17. The molecule has 0 fully saturated rings. The van der Waals surface area contributed by atoms with Gasteiger partial charge in [0, 0.05) is 5.56 Å². The normalized spacial score (nSPS) is 11.9. The molecule has 0 saturated heterocycles. The molecule has 0 heterocycles. The lowest BCUT2D eigenvalue weighted by molar-refractivity contribution is 0.334. The summed E-state index contributed by atoms with van der Waals surface area (Å²) in [6.45, 7) is 5.21. The van der Waals surface area contributed by atoms with E-state index in [0.29, 0.717) is 13.2 Å². The third kappa shape index (κ3) is 3.31. The third-order valence-corrected chi connectivity index (χ3v) is 3.08. The average Bonchev–Trinajstić information content (AvgIpc) is 2.48. The predicted octanol–water partition coefficient (Wildman–Crippen LogP) is 3.53. The van der Waals surface area contributed by atoms with Crippen LogP contribution in [0.2, 0.25) is 0 Å². The molecule has 2 aromatic rings. The molecule has 0 radical (unpaired) electrons. The van der Waals surface area contributed by atoms with Gasteiger partial charge in [0.1, 0.15) is 11.5 Å². The van der Waals surface area contributed by atoms with Gasteiger partial charge >= 0.3 is 0 Å². The molecule has 2 N–H and O–H groups in total. The largest absolute Gasteiger partial charge is 0.494 e. The van der Waals surface area contributed by atoms with Crippen molar-refractivity contribution in [1.82, 2.24) is 0 Å². The van der Waals surface area contributed by atoms with Crippen LogP contribution in [0.5, 0.6) is 11.5 Å². The van der Waals surface area contributed by atoms with E-state index in [1.54, 1.807) is 0 Å². The highest BCUT2D eigenvalue weighted by Gasteiger charge is 2.14. The molecule has 0 saturated carbocycles. The van der Waals surface area contributed by atoms with Crippen molar-refractivity contribution in [1.29, 1.82) is 0 Å². The third-order valence-electron chi connectivity index (χ3n) is 3.08. The fraction of sp³-hybridized carbons (Fsp3) is 0.294. The molecule has 2 rings (SSSR count). The van der Waals surface area contributed by atoms with E-state index in [1.807, 2.05) is 62.4 Å². The quantitative estimate of drug-likeness (QED) is 0.874. The van der Waals surface area contributed by atoms with Crippen molar-refractivity contribution in [2.45, 2.75) is 19.9 Å². The Hall–Kier alpha value is -2.00. The van der Waals surface area contributed by atoms with Crippen molar-refractivity contribution in [3.63, 3.8) is 0 Å². The van der Waals surface area contributed by atoms with Crippen LogP contribution in [0.3, 0.4) is 0 Å². The van der Waals surface area contributed by atoms with Gasteiger partial charge in [-0.1, -0.05) is 30.3 Å². The van der Waals surface area contributed by atoms with Crippen LogP contribution in [0.4, 0.5) is 0 Å². The summed E-state index contributed by atoms with van der Waals surface area (Å²) in [6.07, 6.45) is 0. The SMILES string of the molecule is CCOc1cccc(C(N)c2ccccc2OCC)c1. The Kier molecular flexibility index (Phi) is 5.02. The summed E-state index contributed by atoms with van der Waals surface area (Å²) in [5.74, 6) is 1.68. The molecule has 3 nitrogen and oxygen atoms in total. The van der Waals surface area contributed by atoms with Crippen LogP contribution in [0.25, 0.3) is 0 Å². The van der Waals surface area contributed by atoms with Crippen LogP contribution < -0.4 is 15.2 Å². The minimum Gasteiger partial charge on any atom is -0.494 e. The molecule has 0 spiro atoms. The monoisotopic (exact) mass is 271 g/mol. The van der Waals surface area contributed by atoms with E-state index in [-0.39, 0.29) is 6.04 Å². The van der Waals surface area contributed by atoms with Gasteiger partial charge in [0.25, 0.3) is 0 Å². The zero-order valence-electron chi connectivity index (χ0n) is 12.0. The van der Waals surface area contributed by atoms with Crippen molar-refractivity contribution in [2.24, 2.45) is 5.73 Å². The number of benzene rings is 2. The molecule has 106 valence electrons. The van der Waals surface area contributed by atoms with Crippen molar-refractivity contribution in [2.75, 3.05) is 13.2 Å². The van der Waals surface area contributed by atoms with Gasteiger partial charge < -0.3 is 15.2 Å². The van der Waals surface area contributed by atoms with Gasteiger partial charge in [-0.05, 0) is 37.6 Å². The lowest BCUT2D eigenvalue weighted by Crippen LogP contribution is -2.13. The Morgan fingerprint density at radius 1 is 0.950 bits per heavy atom. The van der Waals surface area contributed by atoms with Crippen LogP contribution >= 0.6 is 0 Å². The second kappa shape index (κ2) is 6.96. The van der Waals surface area contributed by atoms with Gasteiger partial charge in [-0.3, -0.25) is 0 Å². The highest BCUT2D eigenvalue weighted by atomic mass is 16.5. The van der Waals surface area contributed by atoms with Gasteiger partial charge in [-0.25, -0.2) is 0 Å². The molecule has 0 bridgehead atoms. The fourth-order valence-electron chi connectivity index (χ4n) is 2.17. The van der Waals surface area contributed by atoms with Gasteiger partial charge in [0.2, 0.25) is 0 Å². The van der Waals surface area contributed by atoms with Crippen LogP contribution in [0, 0.1) is 0 Å². The van der Waals surface area contributed by atoms with Gasteiger partial charge in [-0.2, -0.15) is 0 Å². The summed E-state index contributed by atoms with van der Waals surface area (Å²) in [4.78, 5) is 0. The van der Waals surface area contributed by atoms with Gasteiger partial charge in [0.05, 0.1) is 19.3 Å². The molecule has 20 heavy (non-hydrogen) atoms. The molecule has 0 aromatic heterocycles. The lowest BCUT2D eigenvalue weighted by atomic mass is 9.98. The summed E-state index contributed by atoms with van der Waals surface area (Å²) in [7, 11) is 0. The second-order valence-corrected chi connectivity index (χ2v) is 4.45. The molecule has 2 aromatic carbocycles. The summed E-state index contributed by atoms with van der Waals surface area (Å²) in [5, 5.41) is 0. The molecule has 1 atom stereocenters. The number of para-hydroxylation sites is 1. The minimum atomic E-state index is -0.224. The Balaban J connectivity index is 2.30. The van der Waals surface area contributed by atoms with Crippen LogP contribution in [-0.2, 0) is 0 Å². The summed E-state index contributed by atoms with van der Waals surface area (Å²) in [6, 6.07) is 15.6. The topological polar surface area (TPSA) is 44.5 Å². The van der Waals surface area contributed by atoms with Gasteiger partial charge in [-0.15, -0.1) is 0 Å². The molecule has 1 unspecified atom stereocenters. The molecule has 0 aliphatic rings. The van der Waals surface area contributed by atoms with Crippen LogP contribution in [0.15, 0.2) is 48.5 Å². The maximum Gasteiger partial charge on any atom is 0.124 e. The smallest absolute Gasteiger partial charge is 0.124 e. The first-order chi connectivity index (χ1) is 9.76. The molecule has 0 aliphatic carbocycles. The van der Waals surface area contributed by atoms with Crippen molar-refractivity contribution < 1.29 is 9.47 Å². The van der Waals surface area contributed by atoms with Crippen molar-refractivity contribution >= 4 is 0 Å². The van der Waals surface area contributed by atoms with E-state index in [9.17, 15) is 0 Å². The molecular formula is C17H21NO2. The second-order valence-electron chi connectivity index (χ2n) is 4.45. The first-order valence-corrected chi connectivity index (χ1v) is 6.96. The van der Waals surface area contributed by atoms with E-state index in [4.69, 9.17) is 15.2 Å². The van der Waals surface area contributed by atoms with E-state index in [2.05, 4.69) is 0 Å². The molecule has 3 heteroatoms. The minimum absolute atomic E-state index is 0.224. The number of hydrogen-bond acceptors (Lipinski definition) is 3. The number of rotatable bonds is 6. The van der Waals surface area contributed by atoms with E-state index in [1.165, 1.54) is 0 Å². The Labute approximate surface area is 120 Å². The van der Waals surface area contributed by atoms with E-state index < -0.39 is 0 Å². The maximum absolute atomic E-state index is 6.38. The van der Waals surface area contributed by atoms with E-state index >= 15 is 0 Å². The molecule has 0 amide bonds. The highest BCUT2D eigenvalue weighted by molar-refractivity contribution is 5.43.